The van der Waals surface area contributed by atoms with E-state index in [1.165, 1.54) is 0 Å². The van der Waals surface area contributed by atoms with Crippen LogP contribution in [-0.4, -0.2) is 43.4 Å². The molecule has 0 aliphatic carbocycles. The van der Waals surface area contributed by atoms with Gasteiger partial charge in [-0.05, 0) is 33.0 Å². The topological polar surface area (TPSA) is 61.4 Å². The summed E-state index contributed by atoms with van der Waals surface area (Å²) in [6.07, 6.45) is 0. The third-order valence-electron chi connectivity index (χ3n) is 3.02. The Balaban J connectivity index is 2.51. The molecular formula is C14H21N3O2. The number of anilines is 1. The number of carbonyl (C=O) groups is 2. The van der Waals surface area contributed by atoms with Crippen LogP contribution in [-0.2, 0) is 9.59 Å². The van der Waals surface area contributed by atoms with Gasteiger partial charge in [0.2, 0.25) is 11.8 Å². The maximum absolute atomic E-state index is 11.8. The fourth-order valence-electron chi connectivity index (χ4n) is 1.61. The lowest BCUT2D eigenvalue weighted by Gasteiger charge is -2.22. The first-order valence-corrected chi connectivity index (χ1v) is 6.22. The molecule has 1 aromatic rings. The molecule has 0 spiro atoms. The summed E-state index contributed by atoms with van der Waals surface area (Å²) in [7, 11) is 3.33. The molecule has 0 bridgehead atoms. The second-order valence-corrected chi connectivity index (χ2v) is 4.62. The second-order valence-electron chi connectivity index (χ2n) is 4.62. The van der Waals surface area contributed by atoms with E-state index in [2.05, 4.69) is 10.6 Å². The van der Waals surface area contributed by atoms with Crippen molar-refractivity contribution < 1.29 is 9.59 Å². The molecule has 0 saturated carbocycles. The van der Waals surface area contributed by atoms with E-state index in [1.807, 2.05) is 31.2 Å². The van der Waals surface area contributed by atoms with Crippen LogP contribution >= 0.6 is 0 Å². The number of amides is 2. The van der Waals surface area contributed by atoms with Crippen LogP contribution in [0.4, 0.5) is 5.69 Å². The van der Waals surface area contributed by atoms with Crippen LogP contribution in [0.15, 0.2) is 24.3 Å². The van der Waals surface area contributed by atoms with Crippen LogP contribution in [0.1, 0.15) is 12.5 Å². The fourth-order valence-corrected chi connectivity index (χ4v) is 1.61. The molecule has 0 saturated heterocycles. The average molecular weight is 263 g/mol. The first kappa shape index (κ1) is 15.2. The number of nitrogens with one attached hydrogen (secondary N) is 2. The molecule has 19 heavy (non-hydrogen) atoms. The largest absolute Gasteiger partial charge is 0.358 e. The number of rotatable bonds is 5. The molecule has 0 fully saturated rings. The molecule has 1 aromatic carbocycles. The zero-order valence-corrected chi connectivity index (χ0v) is 11.9. The van der Waals surface area contributed by atoms with Gasteiger partial charge >= 0.3 is 0 Å². The van der Waals surface area contributed by atoms with Gasteiger partial charge in [0.05, 0.1) is 12.6 Å². The number of hydrogen-bond donors (Lipinski definition) is 2. The Morgan fingerprint density at radius 3 is 2.37 bits per heavy atom. The second kappa shape index (κ2) is 6.89. The lowest BCUT2D eigenvalue weighted by molar-refractivity contribution is -0.126. The summed E-state index contributed by atoms with van der Waals surface area (Å²) < 4.78 is 0. The van der Waals surface area contributed by atoms with Crippen molar-refractivity contribution in [2.75, 3.05) is 26.0 Å². The Morgan fingerprint density at radius 1 is 1.26 bits per heavy atom. The Labute approximate surface area is 114 Å². The third-order valence-corrected chi connectivity index (χ3v) is 3.02. The predicted octanol–water partition coefficient (Wildman–Crippen LogP) is 1.000. The Bertz CT molecular complexity index is 443. The molecule has 2 amide bonds. The normalized spacial score (nSPS) is 12.1. The van der Waals surface area contributed by atoms with E-state index in [0.717, 1.165) is 11.3 Å². The molecule has 0 radical (unpaired) electrons. The Hall–Kier alpha value is -1.88. The zero-order valence-electron chi connectivity index (χ0n) is 11.9. The quantitative estimate of drug-likeness (QED) is 0.833. The van der Waals surface area contributed by atoms with Crippen LogP contribution in [0.2, 0.25) is 0 Å². The van der Waals surface area contributed by atoms with Crippen molar-refractivity contribution in [1.82, 2.24) is 10.2 Å². The highest BCUT2D eigenvalue weighted by Crippen LogP contribution is 2.08. The van der Waals surface area contributed by atoms with Crippen LogP contribution in [0.3, 0.4) is 0 Å². The molecule has 0 unspecified atom stereocenters. The fraction of sp³-hybridized carbons (Fsp3) is 0.429. The summed E-state index contributed by atoms with van der Waals surface area (Å²) >= 11 is 0. The average Bonchev–Trinajstić information content (AvgIpc) is 2.39. The van der Waals surface area contributed by atoms with E-state index in [9.17, 15) is 9.59 Å². The molecule has 2 N–H and O–H groups in total. The van der Waals surface area contributed by atoms with Gasteiger partial charge in [0.1, 0.15) is 0 Å². The molecule has 5 heteroatoms. The van der Waals surface area contributed by atoms with Crippen molar-refractivity contribution in [3.05, 3.63) is 29.8 Å². The zero-order chi connectivity index (χ0) is 14.4. The summed E-state index contributed by atoms with van der Waals surface area (Å²) in [6, 6.07) is 7.25. The molecule has 104 valence electrons. The number of nitrogens with zero attached hydrogens (tertiary/aromatic N) is 1. The number of aryl methyl sites for hydroxylation is 1. The van der Waals surface area contributed by atoms with Gasteiger partial charge < -0.3 is 10.6 Å². The summed E-state index contributed by atoms with van der Waals surface area (Å²) in [4.78, 5) is 25.0. The molecule has 0 aliphatic heterocycles. The van der Waals surface area contributed by atoms with Crippen LogP contribution < -0.4 is 10.6 Å². The van der Waals surface area contributed by atoms with E-state index in [1.54, 1.807) is 25.9 Å². The molecule has 1 rings (SSSR count). The van der Waals surface area contributed by atoms with Crippen molar-refractivity contribution in [2.24, 2.45) is 0 Å². The number of benzene rings is 1. The van der Waals surface area contributed by atoms with Gasteiger partial charge in [0.15, 0.2) is 0 Å². The van der Waals surface area contributed by atoms with Gasteiger partial charge in [-0.2, -0.15) is 0 Å². The van der Waals surface area contributed by atoms with Gasteiger partial charge in [-0.1, -0.05) is 17.7 Å². The van der Waals surface area contributed by atoms with Crippen molar-refractivity contribution in [1.29, 1.82) is 0 Å². The summed E-state index contributed by atoms with van der Waals surface area (Å²) in [5.74, 6) is -0.243. The molecule has 0 aliphatic rings. The van der Waals surface area contributed by atoms with Crippen molar-refractivity contribution in [2.45, 2.75) is 19.9 Å². The van der Waals surface area contributed by atoms with Gasteiger partial charge in [-0.3, -0.25) is 14.5 Å². The smallest absolute Gasteiger partial charge is 0.238 e. The summed E-state index contributed by atoms with van der Waals surface area (Å²) in [6.45, 7) is 3.92. The van der Waals surface area contributed by atoms with Crippen molar-refractivity contribution in [3.63, 3.8) is 0 Å². The monoisotopic (exact) mass is 263 g/mol. The van der Waals surface area contributed by atoms with Crippen LogP contribution in [0.5, 0.6) is 0 Å². The van der Waals surface area contributed by atoms with Crippen LogP contribution in [0, 0.1) is 6.92 Å². The minimum Gasteiger partial charge on any atom is -0.358 e. The first-order valence-electron chi connectivity index (χ1n) is 6.22. The maximum atomic E-state index is 11.8. The van der Waals surface area contributed by atoms with Gasteiger partial charge in [0.25, 0.3) is 0 Å². The Morgan fingerprint density at radius 2 is 1.84 bits per heavy atom. The SMILES string of the molecule is CNC(=O)[C@H](C)N(C)CC(=O)Nc1ccc(C)cc1. The lowest BCUT2D eigenvalue weighted by Crippen LogP contribution is -2.44. The minimum absolute atomic E-state index is 0.106. The highest BCUT2D eigenvalue weighted by molar-refractivity contribution is 5.92. The van der Waals surface area contributed by atoms with E-state index < -0.39 is 0 Å². The molecular weight excluding hydrogens is 242 g/mol. The molecule has 1 atom stereocenters. The molecule has 0 aromatic heterocycles. The van der Waals surface area contributed by atoms with E-state index in [4.69, 9.17) is 0 Å². The highest BCUT2D eigenvalue weighted by atomic mass is 16.2. The van der Waals surface area contributed by atoms with E-state index in [-0.39, 0.29) is 24.4 Å². The first-order chi connectivity index (χ1) is 8.93. The van der Waals surface area contributed by atoms with Gasteiger partial charge in [-0.25, -0.2) is 0 Å². The van der Waals surface area contributed by atoms with Crippen LogP contribution in [0.25, 0.3) is 0 Å². The highest BCUT2D eigenvalue weighted by Gasteiger charge is 2.18. The minimum atomic E-state index is -0.339. The Kier molecular flexibility index (Phi) is 5.51. The maximum Gasteiger partial charge on any atom is 0.238 e. The number of likely N-dealkylation sites (N-methyl/N-ethyl adjacent to an activating group) is 2. The van der Waals surface area contributed by atoms with Crippen molar-refractivity contribution >= 4 is 17.5 Å². The third kappa shape index (κ3) is 4.71. The summed E-state index contributed by atoms with van der Waals surface area (Å²) in [5.41, 5.74) is 1.90. The van der Waals surface area contributed by atoms with Gasteiger partial charge in [0, 0.05) is 12.7 Å². The van der Waals surface area contributed by atoms with Crippen molar-refractivity contribution in [3.8, 4) is 0 Å². The predicted molar refractivity (Wildman–Crippen MR) is 76.0 cm³/mol. The summed E-state index contributed by atoms with van der Waals surface area (Å²) in [5, 5.41) is 5.36. The molecule has 5 nitrogen and oxygen atoms in total. The van der Waals surface area contributed by atoms with Gasteiger partial charge in [-0.15, -0.1) is 0 Å². The number of carbonyl (C=O) groups excluding carboxylic acids is 2. The van der Waals surface area contributed by atoms with E-state index in [0.29, 0.717) is 0 Å². The van der Waals surface area contributed by atoms with E-state index >= 15 is 0 Å². The number of hydrogen-bond acceptors (Lipinski definition) is 3. The molecule has 0 heterocycles. The lowest BCUT2D eigenvalue weighted by atomic mass is 10.2. The standard InChI is InChI=1S/C14H21N3O2/c1-10-5-7-12(8-6-10)16-13(18)9-17(4)11(2)14(19)15-3/h5-8,11H,9H2,1-4H3,(H,15,19)(H,16,18)/t11-/m0/s1.